The Hall–Kier alpha value is -1.82. The number of hydrogen-bond donors (Lipinski definition) is 2. The summed E-state index contributed by atoms with van der Waals surface area (Å²) in [6.07, 6.45) is 3.71. The number of nitrogens with zero attached hydrogens (tertiary/aromatic N) is 1. The monoisotopic (exact) mass is 269 g/mol. The molecule has 0 aliphatic carbocycles. The lowest BCUT2D eigenvalue weighted by molar-refractivity contribution is 0.439. The van der Waals surface area contributed by atoms with Gasteiger partial charge in [-0.2, -0.15) is 0 Å². The number of rotatable bonds is 5. The number of nitrogens with one attached hydrogen (secondary N) is 2. The molecule has 1 unspecified atom stereocenters. The van der Waals surface area contributed by atoms with Crippen LogP contribution in [0, 0.1) is 17.5 Å². The molecule has 0 radical (unpaired) electrons. The molecule has 0 amide bonds. The molecule has 1 aromatic carbocycles. The zero-order valence-electron chi connectivity index (χ0n) is 10.4. The van der Waals surface area contributed by atoms with Crippen LogP contribution in [0.15, 0.2) is 24.5 Å². The van der Waals surface area contributed by atoms with Crippen molar-refractivity contribution >= 4 is 0 Å². The average molecular weight is 269 g/mol. The second kappa shape index (κ2) is 5.88. The fourth-order valence-electron chi connectivity index (χ4n) is 1.93. The van der Waals surface area contributed by atoms with Crippen LogP contribution in [-0.2, 0) is 6.42 Å². The number of aromatic amines is 1. The molecule has 0 spiro atoms. The Labute approximate surface area is 108 Å². The summed E-state index contributed by atoms with van der Waals surface area (Å²) in [6, 6.07) is 1.68. The second-order valence-electron chi connectivity index (χ2n) is 4.15. The summed E-state index contributed by atoms with van der Waals surface area (Å²) >= 11 is 0. The lowest BCUT2D eigenvalue weighted by Crippen LogP contribution is -2.24. The number of imidazole rings is 1. The van der Waals surface area contributed by atoms with E-state index in [1.807, 2.05) is 6.92 Å². The van der Waals surface area contributed by atoms with Crippen LogP contribution in [0.3, 0.4) is 0 Å². The van der Waals surface area contributed by atoms with Crippen molar-refractivity contribution in [2.24, 2.45) is 0 Å². The molecule has 19 heavy (non-hydrogen) atoms. The van der Waals surface area contributed by atoms with Crippen LogP contribution in [0.25, 0.3) is 0 Å². The quantitative estimate of drug-likeness (QED) is 0.819. The van der Waals surface area contributed by atoms with Gasteiger partial charge in [-0.3, -0.25) is 0 Å². The molecule has 2 rings (SSSR count). The molecule has 2 aromatic rings. The van der Waals surface area contributed by atoms with E-state index in [4.69, 9.17) is 0 Å². The van der Waals surface area contributed by atoms with E-state index in [0.29, 0.717) is 24.4 Å². The molecular formula is C13H14F3N3. The van der Waals surface area contributed by atoms with Crippen molar-refractivity contribution in [1.29, 1.82) is 0 Å². The number of likely N-dealkylation sites (N-methyl/N-ethyl adjacent to an activating group) is 1. The highest BCUT2D eigenvalue weighted by atomic mass is 19.2. The first kappa shape index (κ1) is 13.6. The third-order valence-electron chi connectivity index (χ3n) is 2.81. The molecule has 0 aliphatic rings. The molecule has 102 valence electrons. The molecule has 1 aromatic heterocycles. The minimum absolute atomic E-state index is 0.333. The van der Waals surface area contributed by atoms with E-state index < -0.39 is 17.5 Å². The molecule has 0 fully saturated rings. The van der Waals surface area contributed by atoms with Crippen molar-refractivity contribution in [3.05, 3.63) is 53.4 Å². The zero-order valence-corrected chi connectivity index (χ0v) is 10.4. The lowest BCUT2D eigenvalue weighted by atomic mass is 10.0. The summed E-state index contributed by atoms with van der Waals surface area (Å²) in [5, 5.41) is 3.10. The van der Waals surface area contributed by atoms with Crippen molar-refractivity contribution in [2.75, 3.05) is 6.54 Å². The minimum Gasteiger partial charge on any atom is -0.349 e. The predicted molar refractivity (Wildman–Crippen MR) is 65.0 cm³/mol. The maximum absolute atomic E-state index is 13.3. The molecule has 1 atom stereocenters. The van der Waals surface area contributed by atoms with E-state index in [9.17, 15) is 13.2 Å². The molecule has 0 bridgehead atoms. The average Bonchev–Trinajstić information content (AvgIpc) is 2.88. The van der Waals surface area contributed by atoms with E-state index in [1.54, 1.807) is 12.4 Å². The summed E-state index contributed by atoms with van der Waals surface area (Å²) < 4.78 is 39.5. The zero-order chi connectivity index (χ0) is 13.8. The number of hydrogen-bond acceptors (Lipinski definition) is 2. The number of H-pyrrole nitrogens is 1. The van der Waals surface area contributed by atoms with E-state index in [0.717, 1.165) is 12.1 Å². The smallest absolute Gasteiger partial charge is 0.194 e. The van der Waals surface area contributed by atoms with Crippen molar-refractivity contribution in [2.45, 2.75) is 19.4 Å². The van der Waals surface area contributed by atoms with Gasteiger partial charge in [0.05, 0.1) is 0 Å². The maximum atomic E-state index is 13.3. The van der Waals surface area contributed by atoms with E-state index in [2.05, 4.69) is 15.3 Å². The molecule has 0 saturated carbocycles. The Morgan fingerprint density at radius 1 is 1.26 bits per heavy atom. The van der Waals surface area contributed by atoms with Crippen LogP contribution in [0.1, 0.15) is 24.4 Å². The second-order valence-corrected chi connectivity index (χ2v) is 4.15. The number of benzene rings is 1. The van der Waals surface area contributed by atoms with Gasteiger partial charge in [0, 0.05) is 24.9 Å². The highest BCUT2D eigenvalue weighted by Gasteiger charge is 2.18. The number of aromatic nitrogens is 2. The van der Waals surface area contributed by atoms with E-state index in [1.165, 1.54) is 0 Å². The fraction of sp³-hybridized carbons (Fsp3) is 0.308. The first-order chi connectivity index (χ1) is 9.11. The first-order valence-electron chi connectivity index (χ1n) is 5.98. The normalized spacial score (nSPS) is 12.6. The van der Waals surface area contributed by atoms with Gasteiger partial charge >= 0.3 is 0 Å². The third-order valence-corrected chi connectivity index (χ3v) is 2.81. The minimum atomic E-state index is -1.45. The van der Waals surface area contributed by atoms with Gasteiger partial charge in [0.2, 0.25) is 0 Å². The number of halogens is 3. The van der Waals surface area contributed by atoms with Gasteiger partial charge in [0.25, 0.3) is 0 Å². The summed E-state index contributed by atoms with van der Waals surface area (Å²) in [5.41, 5.74) is 0.356. The van der Waals surface area contributed by atoms with Crippen LogP contribution in [0.2, 0.25) is 0 Å². The van der Waals surface area contributed by atoms with Gasteiger partial charge in [0.15, 0.2) is 17.5 Å². The standard InChI is InChI=1S/C13H14F3N3/c1-2-17-11(7-12-18-3-4-19-12)8-5-9(14)13(16)10(15)6-8/h3-6,11,17H,2,7H2,1H3,(H,18,19). The Morgan fingerprint density at radius 3 is 2.47 bits per heavy atom. The van der Waals surface area contributed by atoms with Crippen LogP contribution < -0.4 is 5.32 Å². The summed E-state index contributed by atoms with van der Waals surface area (Å²) in [6.45, 7) is 2.50. The van der Waals surface area contributed by atoms with E-state index in [-0.39, 0.29) is 6.04 Å². The lowest BCUT2D eigenvalue weighted by Gasteiger charge is -2.17. The van der Waals surface area contributed by atoms with Crippen molar-refractivity contribution in [3.8, 4) is 0 Å². The van der Waals surface area contributed by atoms with E-state index >= 15 is 0 Å². The largest absolute Gasteiger partial charge is 0.349 e. The summed E-state index contributed by atoms with van der Waals surface area (Å²) in [4.78, 5) is 6.99. The third kappa shape index (κ3) is 3.14. The van der Waals surface area contributed by atoms with Gasteiger partial charge in [-0.15, -0.1) is 0 Å². The van der Waals surface area contributed by atoms with Crippen molar-refractivity contribution < 1.29 is 13.2 Å². The summed E-state index contributed by atoms with van der Waals surface area (Å²) in [7, 11) is 0. The maximum Gasteiger partial charge on any atom is 0.194 e. The summed E-state index contributed by atoms with van der Waals surface area (Å²) in [5.74, 6) is -3.12. The molecule has 1 heterocycles. The molecule has 2 N–H and O–H groups in total. The fourth-order valence-corrected chi connectivity index (χ4v) is 1.93. The molecule has 0 aliphatic heterocycles. The van der Waals surface area contributed by atoms with Crippen molar-refractivity contribution in [1.82, 2.24) is 15.3 Å². The first-order valence-corrected chi connectivity index (χ1v) is 5.98. The van der Waals surface area contributed by atoms with Gasteiger partial charge in [-0.25, -0.2) is 18.2 Å². The SMILES string of the molecule is CCNC(Cc1ncc[nH]1)c1cc(F)c(F)c(F)c1. The highest BCUT2D eigenvalue weighted by molar-refractivity contribution is 5.23. The van der Waals surface area contributed by atoms with Gasteiger partial charge < -0.3 is 10.3 Å². The van der Waals surface area contributed by atoms with Crippen LogP contribution in [0.5, 0.6) is 0 Å². The Balaban J connectivity index is 2.28. The molecular weight excluding hydrogens is 255 g/mol. The van der Waals surface area contributed by atoms with Crippen LogP contribution in [-0.4, -0.2) is 16.5 Å². The van der Waals surface area contributed by atoms with Gasteiger partial charge in [-0.05, 0) is 24.2 Å². The van der Waals surface area contributed by atoms with Gasteiger partial charge in [-0.1, -0.05) is 6.92 Å². The van der Waals surface area contributed by atoms with Crippen LogP contribution in [0.4, 0.5) is 13.2 Å². The molecule has 3 nitrogen and oxygen atoms in total. The Kier molecular flexibility index (Phi) is 4.21. The Morgan fingerprint density at radius 2 is 1.95 bits per heavy atom. The molecule has 6 heteroatoms. The van der Waals surface area contributed by atoms with Crippen LogP contribution >= 0.6 is 0 Å². The van der Waals surface area contributed by atoms with Crippen molar-refractivity contribution in [3.63, 3.8) is 0 Å². The Bertz CT molecular complexity index is 517. The highest BCUT2D eigenvalue weighted by Crippen LogP contribution is 2.21. The topological polar surface area (TPSA) is 40.7 Å². The predicted octanol–water partition coefficient (Wildman–Crippen LogP) is 2.72. The van der Waals surface area contributed by atoms with Gasteiger partial charge in [0.1, 0.15) is 5.82 Å². The molecule has 0 saturated heterocycles.